The Balaban J connectivity index is 1.76. The van der Waals surface area contributed by atoms with Crippen LogP contribution in [-0.4, -0.2) is 54.7 Å². The number of para-hydroxylation sites is 2. The van der Waals surface area contributed by atoms with E-state index in [1.165, 1.54) is 0 Å². The highest BCUT2D eigenvalue weighted by atomic mass is 16.5. The van der Waals surface area contributed by atoms with Crippen molar-refractivity contribution in [2.24, 2.45) is 5.92 Å². The van der Waals surface area contributed by atoms with E-state index in [0.29, 0.717) is 11.4 Å². The van der Waals surface area contributed by atoms with Crippen molar-refractivity contribution < 1.29 is 19.4 Å². The Morgan fingerprint density at radius 3 is 2.61 bits per heavy atom. The predicted molar refractivity (Wildman–Crippen MR) is 85.7 cm³/mol. The number of carbonyl (C=O) groups excluding carboxylic acids is 1. The van der Waals surface area contributed by atoms with E-state index in [4.69, 9.17) is 9.84 Å². The smallest absolute Gasteiger partial charge is 0.308 e. The zero-order valence-corrected chi connectivity index (χ0v) is 13.3. The van der Waals surface area contributed by atoms with Crippen molar-refractivity contribution in [1.82, 2.24) is 4.90 Å². The monoisotopic (exact) mass is 318 g/mol. The molecule has 2 heterocycles. The number of hydrogen-bond acceptors (Lipinski definition) is 4. The van der Waals surface area contributed by atoms with Crippen LogP contribution in [0, 0.1) is 5.92 Å². The van der Waals surface area contributed by atoms with Crippen LogP contribution in [0.1, 0.15) is 19.3 Å². The number of aliphatic carboxylic acids is 1. The molecule has 2 aliphatic heterocycles. The molecule has 0 aromatic heterocycles. The predicted octanol–water partition coefficient (Wildman–Crippen LogP) is 1.60. The third-order valence-corrected chi connectivity index (χ3v) is 4.59. The van der Waals surface area contributed by atoms with E-state index in [1.54, 1.807) is 4.90 Å². The van der Waals surface area contributed by atoms with Crippen molar-refractivity contribution in [3.05, 3.63) is 24.3 Å². The number of rotatable bonds is 4. The zero-order valence-electron chi connectivity index (χ0n) is 13.3. The summed E-state index contributed by atoms with van der Waals surface area (Å²) in [5.41, 5.74) is 0.681. The molecule has 6 heteroatoms. The van der Waals surface area contributed by atoms with E-state index in [0.717, 1.165) is 25.9 Å². The van der Waals surface area contributed by atoms with Crippen LogP contribution in [0.5, 0.6) is 5.75 Å². The van der Waals surface area contributed by atoms with Gasteiger partial charge in [-0.05, 0) is 32.0 Å². The minimum atomic E-state index is -0.922. The molecule has 2 saturated heterocycles. The van der Waals surface area contributed by atoms with Crippen LogP contribution in [0.15, 0.2) is 24.3 Å². The fraction of sp³-hybridized carbons (Fsp3) is 0.529. The van der Waals surface area contributed by atoms with E-state index in [9.17, 15) is 9.59 Å². The Bertz CT molecular complexity index is 596. The average molecular weight is 318 g/mol. The molecule has 6 nitrogen and oxygen atoms in total. The Morgan fingerprint density at radius 2 is 1.96 bits per heavy atom. The maximum atomic E-state index is 12.2. The van der Waals surface area contributed by atoms with Gasteiger partial charge in [-0.25, -0.2) is 0 Å². The lowest BCUT2D eigenvalue weighted by Crippen LogP contribution is -2.36. The molecular weight excluding hydrogens is 296 g/mol. The van der Waals surface area contributed by atoms with Crippen molar-refractivity contribution in [2.75, 3.05) is 31.6 Å². The standard InChI is InChI=1S/C17H22N2O4/c1-18-8-6-13(7-9-18)23-15-5-3-2-4-14(15)19-11-12(17(21)22)10-16(19)20/h2-5,12-13H,6-11H2,1H3,(H,21,22). The van der Waals surface area contributed by atoms with E-state index >= 15 is 0 Å². The molecule has 0 bridgehead atoms. The van der Waals surface area contributed by atoms with Crippen LogP contribution < -0.4 is 9.64 Å². The summed E-state index contributed by atoms with van der Waals surface area (Å²) in [7, 11) is 2.10. The normalized spacial score (nSPS) is 23.3. The molecule has 1 atom stereocenters. The van der Waals surface area contributed by atoms with Gasteiger partial charge in [-0.15, -0.1) is 0 Å². The number of benzene rings is 1. The number of amides is 1. The number of likely N-dealkylation sites (tertiary alicyclic amines) is 1. The van der Waals surface area contributed by atoms with Gasteiger partial charge in [0.15, 0.2) is 0 Å². The van der Waals surface area contributed by atoms with Crippen molar-refractivity contribution in [1.29, 1.82) is 0 Å². The fourth-order valence-electron chi connectivity index (χ4n) is 3.17. The van der Waals surface area contributed by atoms with Gasteiger partial charge in [0.2, 0.25) is 5.91 Å². The molecule has 0 radical (unpaired) electrons. The van der Waals surface area contributed by atoms with Crippen LogP contribution in [0.4, 0.5) is 5.69 Å². The zero-order chi connectivity index (χ0) is 16.4. The molecule has 1 unspecified atom stereocenters. The first kappa shape index (κ1) is 15.8. The number of carbonyl (C=O) groups is 2. The number of piperidine rings is 1. The van der Waals surface area contributed by atoms with E-state index in [2.05, 4.69) is 11.9 Å². The molecule has 2 fully saturated rings. The Kier molecular flexibility index (Phi) is 4.52. The maximum Gasteiger partial charge on any atom is 0.308 e. The summed E-state index contributed by atoms with van der Waals surface area (Å²) in [6.45, 7) is 2.20. The molecule has 1 aromatic carbocycles. The summed E-state index contributed by atoms with van der Waals surface area (Å²) in [6, 6.07) is 7.41. The Morgan fingerprint density at radius 1 is 1.26 bits per heavy atom. The third kappa shape index (κ3) is 3.47. The minimum Gasteiger partial charge on any atom is -0.488 e. The van der Waals surface area contributed by atoms with Gasteiger partial charge in [0.1, 0.15) is 11.9 Å². The van der Waals surface area contributed by atoms with Gasteiger partial charge in [-0.2, -0.15) is 0 Å². The lowest BCUT2D eigenvalue weighted by atomic mass is 10.1. The van der Waals surface area contributed by atoms with E-state index < -0.39 is 11.9 Å². The molecule has 1 N–H and O–H groups in total. The molecule has 3 rings (SSSR count). The van der Waals surface area contributed by atoms with Gasteiger partial charge in [0.05, 0.1) is 11.6 Å². The molecule has 124 valence electrons. The van der Waals surface area contributed by atoms with Gasteiger partial charge >= 0.3 is 5.97 Å². The van der Waals surface area contributed by atoms with Crippen LogP contribution >= 0.6 is 0 Å². The van der Waals surface area contributed by atoms with E-state index in [1.807, 2.05) is 24.3 Å². The SMILES string of the molecule is CN1CCC(Oc2ccccc2N2CC(C(=O)O)CC2=O)CC1. The lowest BCUT2D eigenvalue weighted by molar-refractivity contribution is -0.141. The summed E-state index contributed by atoms with van der Waals surface area (Å²) in [5.74, 6) is -1.05. The highest BCUT2D eigenvalue weighted by Crippen LogP contribution is 2.34. The number of carboxylic acids is 1. The lowest BCUT2D eigenvalue weighted by Gasteiger charge is -2.30. The highest BCUT2D eigenvalue weighted by molar-refractivity contribution is 6.00. The van der Waals surface area contributed by atoms with Crippen molar-refractivity contribution in [2.45, 2.75) is 25.4 Å². The fourth-order valence-corrected chi connectivity index (χ4v) is 3.17. The molecule has 23 heavy (non-hydrogen) atoms. The van der Waals surface area contributed by atoms with Gasteiger partial charge in [0.25, 0.3) is 0 Å². The van der Waals surface area contributed by atoms with Gasteiger partial charge in [-0.1, -0.05) is 12.1 Å². The van der Waals surface area contributed by atoms with Gasteiger partial charge in [0, 0.05) is 26.1 Å². The average Bonchev–Trinajstić information content (AvgIpc) is 2.92. The number of carboxylic acid groups (broad SMARTS) is 1. The highest BCUT2D eigenvalue weighted by Gasteiger charge is 2.36. The van der Waals surface area contributed by atoms with Crippen LogP contribution in [0.2, 0.25) is 0 Å². The second kappa shape index (κ2) is 6.58. The van der Waals surface area contributed by atoms with Gasteiger partial charge < -0.3 is 19.6 Å². The van der Waals surface area contributed by atoms with Gasteiger partial charge in [-0.3, -0.25) is 9.59 Å². The molecule has 0 aliphatic carbocycles. The minimum absolute atomic E-state index is 0.0535. The number of anilines is 1. The van der Waals surface area contributed by atoms with Crippen molar-refractivity contribution in [3.63, 3.8) is 0 Å². The van der Waals surface area contributed by atoms with Crippen LogP contribution in [-0.2, 0) is 9.59 Å². The summed E-state index contributed by atoms with van der Waals surface area (Å²) < 4.78 is 6.12. The first-order valence-electron chi connectivity index (χ1n) is 8.02. The quantitative estimate of drug-likeness (QED) is 0.913. The molecule has 2 aliphatic rings. The molecule has 1 aromatic rings. The Labute approximate surface area is 135 Å². The first-order valence-corrected chi connectivity index (χ1v) is 8.02. The second-order valence-corrected chi connectivity index (χ2v) is 6.33. The topological polar surface area (TPSA) is 70.1 Å². The molecule has 0 saturated carbocycles. The van der Waals surface area contributed by atoms with Crippen LogP contribution in [0.25, 0.3) is 0 Å². The molecule has 1 amide bonds. The van der Waals surface area contributed by atoms with E-state index in [-0.39, 0.29) is 25.0 Å². The largest absolute Gasteiger partial charge is 0.488 e. The van der Waals surface area contributed by atoms with Crippen molar-refractivity contribution in [3.8, 4) is 5.75 Å². The summed E-state index contributed by atoms with van der Waals surface area (Å²) in [5, 5.41) is 9.14. The third-order valence-electron chi connectivity index (χ3n) is 4.59. The summed E-state index contributed by atoms with van der Waals surface area (Å²) >= 11 is 0. The summed E-state index contributed by atoms with van der Waals surface area (Å²) in [4.78, 5) is 27.1. The molecular formula is C17H22N2O4. The number of ether oxygens (including phenoxy) is 1. The first-order chi connectivity index (χ1) is 11.0. The second-order valence-electron chi connectivity index (χ2n) is 6.33. The summed E-state index contributed by atoms with van der Waals surface area (Å²) in [6.07, 6.45) is 2.10. The van der Waals surface area contributed by atoms with Crippen LogP contribution in [0.3, 0.4) is 0 Å². The number of hydrogen-bond donors (Lipinski definition) is 1. The molecule has 0 spiro atoms. The maximum absolute atomic E-state index is 12.2. The number of nitrogens with zero attached hydrogens (tertiary/aromatic N) is 2. The Hall–Kier alpha value is -2.08. The van der Waals surface area contributed by atoms with Crippen molar-refractivity contribution >= 4 is 17.6 Å².